The van der Waals surface area contributed by atoms with Gasteiger partial charge in [0.05, 0.1) is 19.5 Å². The normalized spacial score (nSPS) is 27.2. The third kappa shape index (κ3) is 2.65. The van der Waals surface area contributed by atoms with Gasteiger partial charge in [-0.25, -0.2) is 18.4 Å². The zero-order valence-electron chi connectivity index (χ0n) is 13.8. The van der Waals surface area contributed by atoms with Gasteiger partial charge in [-0.05, 0) is 25.2 Å². The number of ether oxygens (including phenoxy) is 2. The maximum atomic E-state index is 12.6. The van der Waals surface area contributed by atoms with Crippen molar-refractivity contribution in [2.75, 3.05) is 44.1 Å². The average molecular weight is 353 g/mol. The Morgan fingerprint density at radius 1 is 1.25 bits per heavy atom. The van der Waals surface area contributed by atoms with Crippen LogP contribution in [0, 0.1) is 11.8 Å². The molecule has 1 saturated carbocycles. The first-order chi connectivity index (χ1) is 11.5. The predicted molar refractivity (Wildman–Crippen MR) is 89.0 cm³/mol. The molecule has 2 aliphatic heterocycles. The molecular weight excluding hydrogens is 330 g/mol. The Labute approximate surface area is 142 Å². The molecular formula is C16H23N3O4S. The van der Waals surface area contributed by atoms with Crippen LogP contribution in [0.15, 0.2) is 12.4 Å². The topological polar surface area (TPSA) is 81.6 Å². The number of sulfone groups is 1. The number of rotatable bonds is 6. The maximum absolute atomic E-state index is 12.6. The fourth-order valence-electron chi connectivity index (χ4n) is 3.75. The van der Waals surface area contributed by atoms with E-state index in [9.17, 15) is 8.42 Å². The highest BCUT2D eigenvalue weighted by Gasteiger charge is 2.61. The summed E-state index contributed by atoms with van der Waals surface area (Å²) < 4.78 is 35.6. The maximum Gasteiger partial charge on any atom is 0.218 e. The molecule has 0 aromatic carbocycles. The number of anilines is 1. The first kappa shape index (κ1) is 16.1. The lowest BCUT2D eigenvalue weighted by molar-refractivity contribution is 0.0730. The zero-order chi connectivity index (χ0) is 16.8. The molecule has 1 atom stereocenters. The molecule has 1 aromatic rings. The Morgan fingerprint density at radius 2 is 2.04 bits per heavy atom. The van der Waals surface area contributed by atoms with Gasteiger partial charge in [-0.15, -0.1) is 0 Å². The molecule has 0 amide bonds. The highest BCUT2D eigenvalue weighted by molar-refractivity contribution is 7.93. The van der Waals surface area contributed by atoms with Gasteiger partial charge in [0.1, 0.15) is 16.9 Å². The molecule has 0 bridgehead atoms. The predicted octanol–water partition coefficient (Wildman–Crippen LogP) is 0.905. The second-order valence-corrected chi connectivity index (χ2v) is 9.58. The van der Waals surface area contributed by atoms with Crippen molar-refractivity contribution >= 4 is 15.7 Å². The first-order valence-electron chi connectivity index (χ1n) is 8.45. The van der Waals surface area contributed by atoms with E-state index < -0.39 is 14.6 Å². The molecule has 3 heterocycles. The first-order valence-corrected chi connectivity index (χ1v) is 10.1. The summed E-state index contributed by atoms with van der Waals surface area (Å²) in [7, 11) is -1.53. The summed E-state index contributed by atoms with van der Waals surface area (Å²) in [6, 6.07) is 1.74. The van der Waals surface area contributed by atoms with Crippen LogP contribution in [-0.4, -0.2) is 62.3 Å². The summed E-state index contributed by atoms with van der Waals surface area (Å²) in [5, 5.41) is 0. The average Bonchev–Trinajstić information content (AvgIpc) is 3.30. The van der Waals surface area contributed by atoms with Crippen molar-refractivity contribution < 1.29 is 17.9 Å². The van der Waals surface area contributed by atoms with Crippen molar-refractivity contribution in [3.63, 3.8) is 0 Å². The van der Waals surface area contributed by atoms with E-state index in [1.165, 1.54) is 19.2 Å². The Balaban J connectivity index is 1.46. The quantitative estimate of drug-likeness (QED) is 0.752. The summed E-state index contributed by atoms with van der Waals surface area (Å²) in [6.07, 6.45) is 4.64. The summed E-state index contributed by atoms with van der Waals surface area (Å²) in [4.78, 5) is 10.2. The minimum absolute atomic E-state index is 0.0845. The molecule has 3 aliphatic rings. The second kappa shape index (κ2) is 5.84. The van der Waals surface area contributed by atoms with Gasteiger partial charge < -0.3 is 14.4 Å². The molecule has 3 fully saturated rings. The zero-order valence-corrected chi connectivity index (χ0v) is 14.7. The molecule has 7 nitrogen and oxygen atoms in total. The SMILES string of the molecule is COc1cc(N2CC3(C2)[C@@H](COCC2CC2)CCS3(=O)=O)ncn1. The van der Waals surface area contributed by atoms with Gasteiger partial charge in [0, 0.05) is 31.7 Å². The van der Waals surface area contributed by atoms with Crippen molar-refractivity contribution in [1.82, 2.24) is 9.97 Å². The van der Waals surface area contributed by atoms with Gasteiger partial charge in [0.15, 0.2) is 9.84 Å². The highest BCUT2D eigenvalue weighted by Crippen LogP contribution is 2.46. The number of hydrogen-bond donors (Lipinski definition) is 0. The van der Waals surface area contributed by atoms with Crippen molar-refractivity contribution in [2.45, 2.75) is 24.0 Å². The molecule has 2 saturated heterocycles. The highest BCUT2D eigenvalue weighted by atomic mass is 32.2. The number of aromatic nitrogens is 2. The summed E-state index contributed by atoms with van der Waals surface area (Å²) in [6.45, 7) is 2.29. The summed E-state index contributed by atoms with van der Waals surface area (Å²) in [5.74, 6) is 2.25. The molecule has 0 unspecified atom stereocenters. The molecule has 24 heavy (non-hydrogen) atoms. The van der Waals surface area contributed by atoms with E-state index in [1.807, 2.05) is 4.90 Å². The lowest BCUT2D eigenvalue weighted by atomic mass is 9.83. The van der Waals surface area contributed by atoms with Crippen LogP contribution < -0.4 is 9.64 Å². The van der Waals surface area contributed by atoms with Crippen LogP contribution in [0.5, 0.6) is 5.88 Å². The van der Waals surface area contributed by atoms with Gasteiger partial charge in [0.25, 0.3) is 0 Å². The number of methoxy groups -OCH3 is 1. The Morgan fingerprint density at radius 3 is 2.75 bits per heavy atom. The molecule has 132 valence electrons. The van der Waals surface area contributed by atoms with Crippen LogP contribution in [0.1, 0.15) is 19.3 Å². The van der Waals surface area contributed by atoms with Gasteiger partial charge in [-0.3, -0.25) is 0 Å². The van der Waals surface area contributed by atoms with E-state index in [0.717, 1.165) is 6.61 Å². The third-order valence-corrected chi connectivity index (χ3v) is 8.15. The van der Waals surface area contributed by atoms with E-state index in [2.05, 4.69) is 9.97 Å². The molecule has 1 spiro atoms. The van der Waals surface area contributed by atoms with Crippen LogP contribution in [0.2, 0.25) is 0 Å². The largest absolute Gasteiger partial charge is 0.481 e. The van der Waals surface area contributed by atoms with Crippen molar-refractivity contribution in [3.8, 4) is 5.88 Å². The van der Waals surface area contributed by atoms with Crippen LogP contribution in [-0.2, 0) is 14.6 Å². The Kier molecular flexibility index (Phi) is 3.91. The minimum Gasteiger partial charge on any atom is -0.481 e. The Hall–Kier alpha value is -1.41. The van der Waals surface area contributed by atoms with Gasteiger partial charge >= 0.3 is 0 Å². The molecule has 4 rings (SSSR count). The van der Waals surface area contributed by atoms with E-state index in [1.54, 1.807) is 13.2 Å². The minimum atomic E-state index is -3.09. The van der Waals surface area contributed by atoms with E-state index >= 15 is 0 Å². The summed E-state index contributed by atoms with van der Waals surface area (Å²) >= 11 is 0. The Bertz CT molecular complexity index is 714. The van der Waals surface area contributed by atoms with Crippen molar-refractivity contribution in [2.24, 2.45) is 11.8 Å². The fourth-order valence-corrected chi connectivity index (χ4v) is 6.15. The smallest absolute Gasteiger partial charge is 0.218 e. The molecule has 1 aromatic heterocycles. The van der Waals surface area contributed by atoms with Crippen LogP contribution in [0.25, 0.3) is 0 Å². The van der Waals surface area contributed by atoms with Gasteiger partial charge in [-0.2, -0.15) is 0 Å². The molecule has 0 radical (unpaired) electrons. The molecule has 1 aliphatic carbocycles. The molecule has 8 heteroatoms. The summed E-state index contributed by atoms with van der Waals surface area (Å²) in [5.41, 5.74) is 0. The lowest BCUT2D eigenvalue weighted by Gasteiger charge is -2.50. The van der Waals surface area contributed by atoms with Crippen LogP contribution >= 0.6 is 0 Å². The number of nitrogens with zero attached hydrogens (tertiary/aromatic N) is 3. The van der Waals surface area contributed by atoms with E-state index in [0.29, 0.717) is 43.7 Å². The van der Waals surface area contributed by atoms with Crippen LogP contribution in [0.3, 0.4) is 0 Å². The van der Waals surface area contributed by atoms with Gasteiger partial charge in [-0.1, -0.05) is 0 Å². The fraction of sp³-hybridized carbons (Fsp3) is 0.750. The van der Waals surface area contributed by atoms with Crippen molar-refractivity contribution in [3.05, 3.63) is 12.4 Å². The van der Waals surface area contributed by atoms with E-state index in [4.69, 9.17) is 9.47 Å². The monoisotopic (exact) mass is 353 g/mol. The molecule has 0 N–H and O–H groups in total. The van der Waals surface area contributed by atoms with Crippen LogP contribution in [0.4, 0.5) is 5.82 Å². The third-order valence-electron chi connectivity index (χ3n) is 5.55. The lowest BCUT2D eigenvalue weighted by Crippen LogP contribution is -2.68. The standard InChI is InChI=1S/C16H23N3O4S/c1-22-15-6-14(17-11-18-15)19-9-16(10-19)13(4-5-24(16,20)21)8-23-7-12-2-3-12/h6,11-13H,2-5,7-10H2,1H3/t13-/m1/s1. The van der Waals surface area contributed by atoms with Crippen molar-refractivity contribution in [1.29, 1.82) is 0 Å². The second-order valence-electron chi connectivity index (χ2n) is 7.12. The van der Waals surface area contributed by atoms with E-state index in [-0.39, 0.29) is 11.7 Å². The van der Waals surface area contributed by atoms with Gasteiger partial charge in [0.2, 0.25) is 5.88 Å². The number of hydrogen-bond acceptors (Lipinski definition) is 7.